The first-order valence-electron chi connectivity index (χ1n) is 10.3. The van der Waals surface area contributed by atoms with Gasteiger partial charge in [0.25, 0.3) is 0 Å². The van der Waals surface area contributed by atoms with Crippen LogP contribution in [-0.4, -0.2) is 37.8 Å². The van der Waals surface area contributed by atoms with Gasteiger partial charge in [-0.1, -0.05) is 29.8 Å². The molecule has 0 atom stereocenters. The number of aryl methyl sites for hydroxylation is 1. The van der Waals surface area contributed by atoms with Crippen molar-refractivity contribution in [2.75, 3.05) is 18.4 Å². The summed E-state index contributed by atoms with van der Waals surface area (Å²) < 4.78 is 32.7. The van der Waals surface area contributed by atoms with Gasteiger partial charge in [-0.25, -0.2) is 8.42 Å². The molecule has 0 bridgehead atoms. The summed E-state index contributed by atoms with van der Waals surface area (Å²) in [6, 6.07) is 14.5. The highest BCUT2D eigenvalue weighted by Gasteiger charge is 2.32. The minimum atomic E-state index is -3.52. The number of ether oxygens (including phenoxy) is 1. The number of nitrogens with one attached hydrogen (secondary N) is 1. The number of piperidine rings is 1. The largest absolute Gasteiger partial charge is 0.374 e. The monoisotopic (exact) mass is 430 g/mol. The average molecular weight is 431 g/mol. The lowest BCUT2D eigenvalue weighted by molar-refractivity contribution is -0.120. The van der Waals surface area contributed by atoms with Crippen molar-refractivity contribution in [1.82, 2.24) is 4.31 Å². The van der Waals surface area contributed by atoms with E-state index in [1.54, 1.807) is 24.3 Å². The lowest BCUT2D eigenvalue weighted by Gasteiger charge is -2.30. The Labute approximate surface area is 179 Å². The third-order valence-electron chi connectivity index (χ3n) is 5.26. The minimum Gasteiger partial charge on any atom is -0.374 e. The number of anilines is 1. The van der Waals surface area contributed by atoms with E-state index in [2.05, 4.69) is 5.32 Å². The molecule has 0 spiro atoms. The fourth-order valence-corrected chi connectivity index (χ4v) is 4.93. The zero-order valence-corrected chi connectivity index (χ0v) is 18.6. The van der Waals surface area contributed by atoms with Crippen LogP contribution >= 0.6 is 0 Å². The van der Waals surface area contributed by atoms with Gasteiger partial charge < -0.3 is 10.1 Å². The molecule has 1 heterocycles. The second-order valence-electron chi connectivity index (χ2n) is 8.04. The SMILES string of the molecule is Cc1ccc(S(=O)(=O)N2CCC(C(=O)Nc3cccc(COC(C)C)c3)CC2)cc1. The normalized spacial score (nSPS) is 16.0. The van der Waals surface area contributed by atoms with Crippen LogP contribution < -0.4 is 5.32 Å². The third-order valence-corrected chi connectivity index (χ3v) is 7.17. The molecule has 1 N–H and O–H groups in total. The molecule has 2 aromatic rings. The molecule has 7 heteroatoms. The highest BCUT2D eigenvalue weighted by molar-refractivity contribution is 7.89. The smallest absolute Gasteiger partial charge is 0.243 e. The lowest BCUT2D eigenvalue weighted by Crippen LogP contribution is -2.41. The lowest BCUT2D eigenvalue weighted by atomic mass is 9.97. The number of nitrogens with zero attached hydrogens (tertiary/aromatic N) is 1. The van der Waals surface area contributed by atoms with Gasteiger partial charge in [-0.05, 0) is 63.4 Å². The predicted octanol–water partition coefficient (Wildman–Crippen LogP) is 3.96. The summed E-state index contributed by atoms with van der Waals surface area (Å²) >= 11 is 0. The van der Waals surface area contributed by atoms with E-state index in [0.717, 1.165) is 16.8 Å². The highest BCUT2D eigenvalue weighted by atomic mass is 32.2. The summed E-state index contributed by atoms with van der Waals surface area (Å²) in [7, 11) is -3.52. The number of rotatable bonds is 7. The van der Waals surface area contributed by atoms with E-state index in [0.29, 0.717) is 37.4 Å². The van der Waals surface area contributed by atoms with Crippen molar-refractivity contribution in [3.05, 3.63) is 59.7 Å². The van der Waals surface area contributed by atoms with Gasteiger partial charge in [0.15, 0.2) is 0 Å². The van der Waals surface area contributed by atoms with E-state index in [-0.39, 0.29) is 17.9 Å². The van der Waals surface area contributed by atoms with Gasteiger partial charge in [-0.2, -0.15) is 4.31 Å². The molecule has 6 nitrogen and oxygen atoms in total. The Morgan fingerprint density at radius 2 is 1.80 bits per heavy atom. The number of carbonyl (C=O) groups is 1. The number of carbonyl (C=O) groups excluding carboxylic acids is 1. The first-order valence-corrected chi connectivity index (χ1v) is 11.8. The number of sulfonamides is 1. The molecule has 0 aliphatic carbocycles. The molecular formula is C23H30N2O4S. The number of hydrogen-bond acceptors (Lipinski definition) is 4. The minimum absolute atomic E-state index is 0.0655. The second-order valence-corrected chi connectivity index (χ2v) is 9.98. The van der Waals surface area contributed by atoms with E-state index in [1.165, 1.54) is 4.31 Å². The van der Waals surface area contributed by atoms with E-state index < -0.39 is 10.0 Å². The molecule has 0 saturated carbocycles. The van der Waals surface area contributed by atoms with Crippen LogP contribution in [0.1, 0.15) is 37.8 Å². The van der Waals surface area contributed by atoms with E-state index in [1.807, 2.05) is 45.0 Å². The second kappa shape index (κ2) is 9.73. The highest BCUT2D eigenvalue weighted by Crippen LogP contribution is 2.25. The van der Waals surface area contributed by atoms with Gasteiger partial charge in [0.2, 0.25) is 15.9 Å². The Hall–Kier alpha value is -2.22. The standard InChI is InChI=1S/C23H30N2O4S/c1-17(2)29-16-19-5-4-6-21(15-19)24-23(26)20-11-13-25(14-12-20)30(27,28)22-9-7-18(3)8-10-22/h4-10,15,17,20H,11-14,16H2,1-3H3,(H,24,26). The number of hydrogen-bond donors (Lipinski definition) is 1. The van der Waals surface area contributed by atoms with Crippen LogP contribution in [0, 0.1) is 12.8 Å². The maximum absolute atomic E-state index is 12.8. The van der Waals surface area contributed by atoms with Crippen LogP contribution in [0.5, 0.6) is 0 Å². The Morgan fingerprint density at radius 1 is 1.13 bits per heavy atom. The zero-order chi connectivity index (χ0) is 21.7. The predicted molar refractivity (Wildman–Crippen MR) is 118 cm³/mol. The van der Waals surface area contributed by atoms with Crippen LogP contribution in [0.3, 0.4) is 0 Å². The summed E-state index contributed by atoms with van der Waals surface area (Å²) in [5.74, 6) is -0.269. The van der Waals surface area contributed by atoms with E-state index in [4.69, 9.17) is 4.74 Å². The van der Waals surface area contributed by atoms with E-state index >= 15 is 0 Å². The first-order chi connectivity index (χ1) is 14.3. The molecule has 0 aromatic heterocycles. The van der Waals surface area contributed by atoms with Crippen LogP contribution in [0.2, 0.25) is 0 Å². The molecule has 30 heavy (non-hydrogen) atoms. The van der Waals surface area contributed by atoms with Gasteiger partial charge in [0, 0.05) is 24.7 Å². The average Bonchev–Trinajstić information content (AvgIpc) is 2.73. The molecular weight excluding hydrogens is 400 g/mol. The van der Waals surface area contributed by atoms with Crippen molar-refractivity contribution in [2.45, 2.75) is 51.2 Å². The third kappa shape index (κ3) is 5.68. The van der Waals surface area contributed by atoms with Gasteiger partial charge in [-0.15, -0.1) is 0 Å². The fraction of sp³-hybridized carbons (Fsp3) is 0.435. The van der Waals surface area contributed by atoms with Crippen molar-refractivity contribution < 1.29 is 17.9 Å². The Bertz CT molecular complexity index is 963. The summed E-state index contributed by atoms with van der Waals surface area (Å²) in [5, 5.41) is 2.97. The summed E-state index contributed by atoms with van der Waals surface area (Å²) in [4.78, 5) is 13.0. The molecule has 2 aromatic carbocycles. The Kier molecular flexibility index (Phi) is 7.28. The van der Waals surface area contributed by atoms with Crippen molar-refractivity contribution in [3.8, 4) is 0 Å². The summed E-state index contributed by atoms with van der Waals surface area (Å²) in [5.41, 5.74) is 2.75. The van der Waals surface area contributed by atoms with Gasteiger partial charge in [0.05, 0.1) is 17.6 Å². The molecule has 3 rings (SSSR count). The number of amides is 1. The van der Waals surface area contributed by atoms with Crippen molar-refractivity contribution in [1.29, 1.82) is 0 Å². The van der Waals surface area contributed by atoms with E-state index in [9.17, 15) is 13.2 Å². The number of benzene rings is 2. The van der Waals surface area contributed by atoms with Gasteiger partial charge in [0.1, 0.15) is 0 Å². The first kappa shape index (κ1) is 22.5. The molecule has 1 saturated heterocycles. The quantitative estimate of drug-likeness (QED) is 0.721. The van der Waals surface area contributed by atoms with Crippen LogP contribution in [0.25, 0.3) is 0 Å². The van der Waals surface area contributed by atoms with Crippen molar-refractivity contribution >= 4 is 21.6 Å². The summed E-state index contributed by atoms with van der Waals surface area (Å²) in [6.07, 6.45) is 1.16. The molecule has 1 aliphatic heterocycles. The van der Waals surface area contributed by atoms with Crippen LogP contribution in [0.15, 0.2) is 53.4 Å². The topological polar surface area (TPSA) is 75.7 Å². The Balaban J connectivity index is 1.56. The van der Waals surface area contributed by atoms with Crippen LogP contribution in [0.4, 0.5) is 5.69 Å². The fourth-order valence-electron chi connectivity index (χ4n) is 3.46. The van der Waals surface area contributed by atoms with Gasteiger partial charge in [-0.3, -0.25) is 4.79 Å². The van der Waals surface area contributed by atoms with Crippen LogP contribution in [-0.2, 0) is 26.2 Å². The Morgan fingerprint density at radius 3 is 2.43 bits per heavy atom. The summed E-state index contributed by atoms with van der Waals surface area (Å²) in [6.45, 7) is 7.07. The van der Waals surface area contributed by atoms with Gasteiger partial charge >= 0.3 is 0 Å². The maximum Gasteiger partial charge on any atom is 0.243 e. The zero-order valence-electron chi connectivity index (χ0n) is 17.8. The molecule has 1 fully saturated rings. The molecule has 162 valence electrons. The molecule has 0 radical (unpaired) electrons. The molecule has 1 aliphatic rings. The van der Waals surface area contributed by atoms with Crippen molar-refractivity contribution in [2.24, 2.45) is 5.92 Å². The van der Waals surface area contributed by atoms with Crippen molar-refractivity contribution in [3.63, 3.8) is 0 Å². The molecule has 0 unspecified atom stereocenters. The maximum atomic E-state index is 12.8. The molecule has 1 amide bonds.